The molecule has 0 spiro atoms. The van der Waals surface area contributed by atoms with Crippen molar-refractivity contribution >= 4 is 34.7 Å². The zero-order chi connectivity index (χ0) is 22.5. The molecule has 2 aromatic heterocycles. The van der Waals surface area contributed by atoms with E-state index in [4.69, 9.17) is 21.3 Å². The maximum absolute atomic E-state index is 6.24. The number of hydrogen-bond acceptors (Lipinski definition) is 6. The van der Waals surface area contributed by atoms with Gasteiger partial charge in [-0.3, -0.25) is 4.57 Å². The molecule has 164 valence electrons. The predicted molar refractivity (Wildman–Crippen MR) is 133 cm³/mol. The van der Waals surface area contributed by atoms with E-state index >= 15 is 0 Å². The molecule has 4 aromatic rings. The quantitative estimate of drug-likeness (QED) is 0.190. The van der Waals surface area contributed by atoms with E-state index in [9.17, 15) is 0 Å². The van der Waals surface area contributed by atoms with Gasteiger partial charge in [-0.05, 0) is 26.0 Å². The van der Waals surface area contributed by atoms with E-state index in [0.717, 1.165) is 27.2 Å². The third kappa shape index (κ3) is 5.23. The molecule has 0 radical (unpaired) electrons. The van der Waals surface area contributed by atoms with E-state index in [1.165, 1.54) is 5.56 Å². The number of aromatic nitrogens is 4. The number of rotatable bonds is 9. The normalized spacial score (nSPS) is 12.0. The van der Waals surface area contributed by atoms with Gasteiger partial charge in [0.05, 0.1) is 10.7 Å². The van der Waals surface area contributed by atoms with E-state index in [2.05, 4.69) is 53.3 Å². The lowest BCUT2D eigenvalue weighted by Crippen LogP contribution is -2.12. The van der Waals surface area contributed by atoms with Crippen molar-refractivity contribution in [1.82, 2.24) is 19.7 Å². The van der Waals surface area contributed by atoms with E-state index in [-0.39, 0.29) is 6.10 Å². The first-order chi connectivity index (χ1) is 15.5. The summed E-state index contributed by atoms with van der Waals surface area (Å²) in [7, 11) is 0. The van der Waals surface area contributed by atoms with Crippen molar-refractivity contribution < 1.29 is 4.74 Å². The molecule has 0 fully saturated rings. The molecule has 1 unspecified atom stereocenters. The fourth-order valence-corrected chi connectivity index (χ4v) is 5.09. The molecular weight excluding hydrogens is 460 g/mol. The number of halogens is 1. The Hall–Kier alpha value is -2.61. The van der Waals surface area contributed by atoms with Gasteiger partial charge in [-0.15, -0.1) is 28.1 Å². The van der Waals surface area contributed by atoms with Crippen LogP contribution in [0.2, 0.25) is 5.02 Å². The summed E-state index contributed by atoms with van der Waals surface area (Å²) in [5.74, 6) is 2.05. The standard InChI is InChI=1S/C24H23ClN4OS2/c1-4-13-29-22(17(3)30-21-8-6-5-7-20(21)25)27-28-24(29)32-15-19-14-31-23(26-19)18-11-9-16(2)10-12-18/h4-12,14,17H,1,13,15H2,2-3H3. The Morgan fingerprint density at radius 1 is 1.19 bits per heavy atom. The first-order valence-electron chi connectivity index (χ1n) is 10.1. The number of allylic oxidation sites excluding steroid dienone is 1. The van der Waals surface area contributed by atoms with E-state index < -0.39 is 0 Å². The molecule has 0 saturated carbocycles. The third-order valence-corrected chi connectivity index (χ3v) is 7.01. The minimum Gasteiger partial charge on any atom is -0.481 e. The lowest BCUT2D eigenvalue weighted by atomic mass is 10.2. The highest BCUT2D eigenvalue weighted by molar-refractivity contribution is 7.98. The van der Waals surface area contributed by atoms with E-state index in [1.54, 1.807) is 29.2 Å². The molecule has 0 aliphatic carbocycles. The van der Waals surface area contributed by atoms with Crippen molar-refractivity contribution in [2.75, 3.05) is 0 Å². The second-order valence-electron chi connectivity index (χ2n) is 7.23. The lowest BCUT2D eigenvalue weighted by molar-refractivity contribution is 0.210. The van der Waals surface area contributed by atoms with Crippen molar-refractivity contribution in [3.8, 4) is 16.3 Å². The van der Waals surface area contributed by atoms with Gasteiger partial charge in [-0.1, -0.05) is 71.4 Å². The van der Waals surface area contributed by atoms with Crippen LogP contribution in [0, 0.1) is 6.92 Å². The van der Waals surface area contributed by atoms with Gasteiger partial charge in [-0.2, -0.15) is 0 Å². The van der Waals surface area contributed by atoms with Gasteiger partial charge in [0.15, 0.2) is 17.1 Å². The van der Waals surface area contributed by atoms with Crippen molar-refractivity contribution in [3.05, 3.63) is 88.7 Å². The van der Waals surface area contributed by atoms with Crippen LogP contribution in [0.5, 0.6) is 5.75 Å². The summed E-state index contributed by atoms with van der Waals surface area (Å²) in [4.78, 5) is 4.79. The minimum atomic E-state index is -0.316. The molecule has 4 rings (SSSR count). The minimum absolute atomic E-state index is 0.316. The maximum Gasteiger partial charge on any atom is 0.192 e. The van der Waals surface area contributed by atoms with Crippen molar-refractivity contribution in [1.29, 1.82) is 0 Å². The molecule has 0 aliphatic heterocycles. The predicted octanol–water partition coefficient (Wildman–Crippen LogP) is 6.98. The Balaban J connectivity index is 1.47. The number of hydrogen-bond donors (Lipinski definition) is 0. The van der Waals surface area contributed by atoms with Crippen molar-refractivity contribution in [2.45, 2.75) is 37.4 Å². The summed E-state index contributed by atoms with van der Waals surface area (Å²) in [6.45, 7) is 8.49. The van der Waals surface area contributed by atoms with Gasteiger partial charge < -0.3 is 4.74 Å². The summed E-state index contributed by atoms with van der Waals surface area (Å²) in [6, 6.07) is 15.8. The largest absolute Gasteiger partial charge is 0.481 e. The molecule has 5 nitrogen and oxygen atoms in total. The van der Waals surface area contributed by atoms with Crippen molar-refractivity contribution in [2.24, 2.45) is 0 Å². The lowest BCUT2D eigenvalue weighted by Gasteiger charge is -2.16. The number of aryl methyl sites for hydroxylation is 1. The summed E-state index contributed by atoms with van der Waals surface area (Å²) >= 11 is 9.50. The van der Waals surface area contributed by atoms with Crippen LogP contribution in [0.25, 0.3) is 10.6 Å². The SMILES string of the molecule is C=CCn1c(SCc2csc(-c3ccc(C)cc3)n2)nnc1C(C)Oc1ccccc1Cl. The Kier molecular flexibility index (Phi) is 7.29. The maximum atomic E-state index is 6.24. The second kappa shape index (κ2) is 10.3. The average molecular weight is 483 g/mol. The topological polar surface area (TPSA) is 52.8 Å². The first kappa shape index (κ1) is 22.6. The van der Waals surface area contributed by atoms with Crippen LogP contribution >= 0.6 is 34.7 Å². The fourth-order valence-electron chi connectivity index (χ4n) is 3.13. The molecule has 2 aromatic carbocycles. The van der Waals surface area contributed by atoms with Crippen LogP contribution in [0.15, 0.2) is 71.7 Å². The molecular formula is C24H23ClN4OS2. The number of ether oxygens (including phenoxy) is 1. The van der Waals surface area contributed by atoms with Crippen LogP contribution in [0.1, 0.15) is 30.1 Å². The van der Waals surface area contributed by atoms with Crippen molar-refractivity contribution in [3.63, 3.8) is 0 Å². The highest BCUT2D eigenvalue weighted by Gasteiger charge is 2.20. The monoisotopic (exact) mass is 482 g/mol. The molecule has 0 N–H and O–H groups in total. The van der Waals surface area contributed by atoms with Crippen LogP contribution in [-0.2, 0) is 12.3 Å². The Morgan fingerprint density at radius 3 is 2.72 bits per heavy atom. The number of para-hydroxylation sites is 1. The van der Waals surface area contributed by atoms with Crippen LogP contribution in [0.4, 0.5) is 0 Å². The molecule has 2 heterocycles. The zero-order valence-corrected chi connectivity index (χ0v) is 20.3. The molecule has 32 heavy (non-hydrogen) atoms. The third-order valence-electron chi connectivity index (χ3n) is 4.76. The summed E-state index contributed by atoms with van der Waals surface area (Å²) in [5.41, 5.74) is 3.40. The molecule has 1 atom stereocenters. The van der Waals surface area contributed by atoms with E-state index in [1.807, 2.05) is 35.8 Å². The average Bonchev–Trinajstić information content (AvgIpc) is 3.42. The summed E-state index contributed by atoms with van der Waals surface area (Å²) < 4.78 is 8.07. The number of benzene rings is 2. The summed E-state index contributed by atoms with van der Waals surface area (Å²) in [5, 5.41) is 13.3. The van der Waals surface area contributed by atoms with Gasteiger partial charge in [0, 0.05) is 23.2 Å². The number of thiazole rings is 1. The Morgan fingerprint density at radius 2 is 1.97 bits per heavy atom. The van der Waals surface area contributed by atoms with Gasteiger partial charge >= 0.3 is 0 Å². The molecule has 8 heteroatoms. The molecule has 0 amide bonds. The first-order valence-corrected chi connectivity index (χ1v) is 12.4. The van der Waals surface area contributed by atoms with Gasteiger partial charge in [0.2, 0.25) is 0 Å². The summed E-state index contributed by atoms with van der Waals surface area (Å²) in [6.07, 6.45) is 1.52. The number of nitrogens with zero attached hydrogens (tertiary/aromatic N) is 4. The Labute approximate surface area is 201 Å². The van der Waals surface area contributed by atoms with Gasteiger partial charge in [-0.25, -0.2) is 4.98 Å². The molecule has 0 saturated heterocycles. The van der Waals surface area contributed by atoms with Gasteiger partial charge in [0.1, 0.15) is 10.8 Å². The smallest absolute Gasteiger partial charge is 0.192 e. The second-order valence-corrected chi connectivity index (χ2v) is 9.44. The molecule has 0 aliphatic rings. The van der Waals surface area contributed by atoms with Gasteiger partial charge in [0.25, 0.3) is 0 Å². The zero-order valence-electron chi connectivity index (χ0n) is 17.9. The van der Waals surface area contributed by atoms with Crippen LogP contribution < -0.4 is 4.74 Å². The number of thioether (sulfide) groups is 1. The van der Waals surface area contributed by atoms with Crippen LogP contribution in [-0.4, -0.2) is 19.7 Å². The highest BCUT2D eigenvalue weighted by Crippen LogP contribution is 2.31. The molecule has 0 bridgehead atoms. The fraction of sp³-hybridized carbons (Fsp3) is 0.208. The Bertz CT molecular complexity index is 1200. The van der Waals surface area contributed by atoms with E-state index in [0.29, 0.717) is 23.1 Å². The highest BCUT2D eigenvalue weighted by atomic mass is 35.5. The van der Waals surface area contributed by atoms with Crippen LogP contribution in [0.3, 0.4) is 0 Å².